The molecule has 1 saturated carbocycles. The summed E-state index contributed by atoms with van der Waals surface area (Å²) in [5.74, 6) is 1.14. The van der Waals surface area contributed by atoms with Gasteiger partial charge in [-0.05, 0) is 18.9 Å². The lowest BCUT2D eigenvalue weighted by Crippen LogP contribution is -2.30. The predicted molar refractivity (Wildman–Crippen MR) is 68.5 cm³/mol. The Morgan fingerprint density at radius 3 is 2.72 bits per heavy atom. The minimum Gasteiger partial charge on any atom is -0.496 e. The molecule has 1 N–H and O–H groups in total. The van der Waals surface area contributed by atoms with Gasteiger partial charge in [-0.2, -0.15) is 0 Å². The molecule has 4 nitrogen and oxygen atoms in total. The maximum atomic E-state index is 11.6. The number of ether oxygens (including phenoxy) is 2. The standard InChI is InChI=1S/C14H19NO3/c1-17-12-6-4-3-5-11(12)13(18-2)9-15-14(16)10-7-8-10/h3-6,10,13H,7-9H2,1-2H3,(H,15,16)/t13-/m0/s1. The molecule has 0 heterocycles. The Labute approximate surface area is 107 Å². The number of carbonyl (C=O) groups excluding carboxylic acids is 1. The smallest absolute Gasteiger partial charge is 0.223 e. The van der Waals surface area contributed by atoms with Crippen molar-refractivity contribution in [2.45, 2.75) is 18.9 Å². The Hall–Kier alpha value is -1.55. The van der Waals surface area contributed by atoms with Crippen LogP contribution in [0.4, 0.5) is 0 Å². The van der Waals surface area contributed by atoms with E-state index in [1.54, 1.807) is 14.2 Å². The molecule has 98 valence electrons. The first-order valence-electron chi connectivity index (χ1n) is 6.19. The van der Waals surface area contributed by atoms with Crippen molar-refractivity contribution < 1.29 is 14.3 Å². The summed E-state index contributed by atoms with van der Waals surface area (Å²) in [7, 11) is 3.27. The summed E-state index contributed by atoms with van der Waals surface area (Å²) in [5.41, 5.74) is 0.957. The van der Waals surface area contributed by atoms with E-state index in [1.165, 1.54) is 0 Å². The number of carbonyl (C=O) groups is 1. The molecule has 0 unspecified atom stereocenters. The van der Waals surface area contributed by atoms with Crippen LogP contribution in [0.15, 0.2) is 24.3 Å². The van der Waals surface area contributed by atoms with Crippen LogP contribution in [0, 0.1) is 5.92 Å². The molecule has 0 saturated heterocycles. The molecule has 0 radical (unpaired) electrons. The van der Waals surface area contributed by atoms with E-state index in [-0.39, 0.29) is 17.9 Å². The lowest BCUT2D eigenvalue weighted by Gasteiger charge is -2.19. The van der Waals surface area contributed by atoms with Crippen molar-refractivity contribution >= 4 is 5.91 Å². The van der Waals surface area contributed by atoms with E-state index < -0.39 is 0 Å². The Balaban J connectivity index is 2.00. The van der Waals surface area contributed by atoms with E-state index >= 15 is 0 Å². The van der Waals surface area contributed by atoms with Crippen LogP contribution in [0.2, 0.25) is 0 Å². The second-order valence-corrected chi connectivity index (χ2v) is 4.49. The number of benzene rings is 1. The zero-order valence-electron chi connectivity index (χ0n) is 10.8. The van der Waals surface area contributed by atoms with Crippen LogP contribution >= 0.6 is 0 Å². The van der Waals surface area contributed by atoms with Gasteiger partial charge in [0.05, 0.1) is 7.11 Å². The molecule has 0 bridgehead atoms. The number of amides is 1. The van der Waals surface area contributed by atoms with Crippen molar-refractivity contribution in [2.75, 3.05) is 20.8 Å². The van der Waals surface area contributed by atoms with Crippen molar-refractivity contribution in [3.63, 3.8) is 0 Å². The van der Waals surface area contributed by atoms with E-state index in [9.17, 15) is 4.79 Å². The molecule has 0 aromatic heterocycles. The monoisotopic (exact) mass is 249 g/mol. The number of para-hydroxylation sites is 1. The Morgan fingerprint density at radius 1 is 1.39 bits per heavy atom. The minimum atomic E-state index is -0.177. The maximum absolute atomic E-state index is 11.6. The molecule has 1 aliphatic carbocycles. The van der Waals surface area contributed by atoms with Crippen LogP contribution in [0.1, 0.15) is 24.5 Å². The number of hydrogen-bond donors (Lipinski definition) is 1. The summed E-state index contributed by atoms with van der Waals surface area (Å²) in [4.78, 5) is 11.6. The summed E-state index contributed by atoms with van der Waals surface area (Å²) in [6.07, 6.45) is 1.85. The highest BCUT2D eigenvalue weighted by Gasteiger charge is 2.30. The van der Waals surface area contributed by atoms with Gasteiger partial charge in [0.25, 0.3) is 0 Å². The van der Waals surface area contributed by atoms with Gasteiger partial charge >= 0.3 is 0 Å². The van der Waals surface area contributed by atoms with E-state index in [4.69, 9.17) is 9.47 Å². The first kappa shape index (κ1) is 12.9. The molecule has 0 aliphatic heterocycles. The first-order valence-corrected chi connectivity index (χ1v) is 6.19. The van der Waals surface area contributed by atoms with Crippen LogP contribution in [0.3, 0.4) is 0 Å². The van der Waals surface area contributed by atoms with Gasteiger partial charge in [-0.1, -0.05) is 18.2 Å². The van der Waals surface area contributed by atoms with Crippen LogP contribution in [0.25, 0.3) is 0 Å². The third-order valence-corrected chi connectivity index (χ3v) is 3.18. The molecule has 1 atom stereocenters. The summed E-state index contributed by atoms with van der Waals surface area (Å²) in [5, 5.41) is 2.93. The maximum Gasteiger partial charge on any atom is 0.223 e. The molecule has 2 rings (SSSR count). The lowest BCUT2D eigenvalue weighted by molar-refractivity contribution is -0.122. The predicted octanol–water partition coefficient (Wildman–Crippen LogP) is 1.91. The zero-order chi connectivity index (χ0) is 13.0. The lowest BCUT2D eigenvalue weighted by atomic mass is 10.1. The SMILES string of the molecule is COc1ccccc1[C@H](CNC(=O)C1CC1)OC. The Morgan fingerprint density at radius 2 is 2.11 bits per heavy atom. The molecular formula is C14H19NO3. The Bertz CT molecular complexity index is 415. The van der Waals surface area contributed by atoms with Gasteiger partial charge in [-0.15, -0.1) is 0 Å². The van der Waals surface area contributed by atoms with Crippen molar-refractivity contribution in [1.29, 1.82) is 0 Å². The third kappa shape index (κ3) is 3.01. The zero-order valence-corrected chi connectivity index (χ0v) is 10.8. The second-order valence-electron chi connectivity index (χ2n) is 4.49. The van der Waals surface area contributed by atoms with Crippen LogP contribution in [-0.4, -0.2) is 26.7 Å². The highest BCUT2D eigenvalue weighted by atomic mass is 16.5. The second kappa shape index (κ2) is 5.87. The molecule has 1 amide bonds. The molecule has 0 spiro atoms. The Kier molecular flexibility index (Phi) is 4.20. The highest BCUT2D eigenvalue weighted by molar-refractivity contribution is 5.80. The number of nitrogens with one attached hydrogen (secondary N) is 1. The molecule has 18 heavy (non-hydrogen) atoms. The molecule has 1 aromatic rings. The average Bonchev–Trinajstić information content (AvgIpc) is 3.24. The van der Waals surface area contributed by atoms with Gasteiger partial charge in [0.2, 0.25) is 5.91 Å². The van der Waals surface area contributed by atoms with Crippen LogP contribution in [-0.2, 0) is 9.53 Å². The van der Waals surface area contributed by atoms with Gasteiger partial charge in [-0.3, -0.25) is 4.79 Å². The van der Waals surface area contributed by atoms with Crippen LogP contribution < -0.4 is 10.1 Å². The van der Waals surface area contributed by atoms with E-state index in [0.29, 0.717) is 6.54 Å². The van der Waals surface area contributed by atoms with Crippen molar-refractivity contribution in [3.8, 4) is 5.75 Å². The van der Waals surface area contributed by atoms with Crippen molar-refractivity contribution in [2.24, 2.45) is 5.92 Å². The number of hydrogen-bond acceptors (Lipinski definition) is 3. The van der Waals surface area contributed by atoms with E-state index in [1.807, 2.05) is 24.3 Å². The van der Waals surface area contributed by atoms with Gasteiger partial charge in [0.1, 0.15) is 11.9 Å². The number of methoxy groups -OCH3 is 2. The minimum absolute atomic E-state index is 0.131. The van der Waals surface area contributed by atoms with Gasteiger partial charge in [0, 0.05) is 25.1 Å². The van der Waals surface area contributed by atoms with Gasteiger partial charge in [-0.25, -0.2) is 0 Å². The summed E-state index contributed by atoms with van der Waals surface area (Å²) >= 11 is 0. The fourth-order valence-corrected chi connectivity index (χ4v) is 1.94. The fourth-order valence-electron chi connectivity index (χ4n) is 1.94. The summed E-state index contributed by atoms with van der Waals surface area (Å²) in [6.45, 7) is 0.478. The normalized spacial score (nSPS) is 16.1. The molecular weight excluding hydrogens is 230 g/mol. The first-order chi connectivity index (χ1) is 8.76. The van der Waals surface area contributed by atoms with E-state index in [2.05, 4.69) is 5.32 Å². The average molecular weight is 249 g/mol. The van der Waals surface area contributed by atoms with E-state index in [0.717, 1.165) is 24.2 Å². The molecule has 1 fully saturated rings. The highest BCUT2D eigenvalue weighted by Crippen LogP contribution is 2.30. The van der Waals surface area contributed by atoms with Gasteiger partial charge in [0.15, 0.2) is 0 Å². The molecule has 4 heteroatoms. The molecule has 1 aliphatic rings. The third-order valence-electron chi connectivity index (χ3n) is 3.18. The van der Waals surface area contributed by atoms with Crippen LogP contribution in [0.5, 0.6) is 5.75 Å². The van der Waals surface area contributed by atoms with Crippen molar-refractivity contribution in [3.05, 3.63) is 29.8 Å². The quantitative estimate of drug-likeness (QED) is 0.837. The topological polar surface area (TPSA) is 47.6 Å². The van der Waals surface area contributed by atoms with Crippen molar-refractivity contribution in [1.82, 2.24) is 5.32 Å². The molecule has 1 aromatic carbocycles. The summed E-state index contributed by atoms with van der Waals surface area (Å²) in [6, 6.07) is 7.70. The van der Waals surface area contributed by atoms with Gasteiger partial charge < -0.3 is 14.8 Å². The summed E-state index contributed by atoms with van der Waals surface area (Å²) < 4.78 is 10.7. The largest absolute Gasteiger partial charge is 0.496 e. The fraction of sp³-hybridized carbons (Fsp3) is 0.500. The number of rotatable bonds is 6.